The topological polar surface area (TPSA) is 37.8 Å². The van der Waals surface area contributed by atoms with Crippen LogP contribution >= 0.6 is 0 Å². The van der Waals surface area contributed by atoms with Crippen molar-refractivity contribution in [3.8, 4) is 12.3 Å². The van der Waals surface area contributed by atoms with Crippen LogP contribution in [0.3, 0.4) is 0 Å². The predicted molar refractivity (Wildman–Crippen MR) is 43.9 cm³/mol. The summed E-state index contributed by atoms with van der Waals surface area (Å²) in [5.41, 5.74) is 0. The molecule has 1 rings (SSSR count). The van der Waals surface area contributed by atoms with Gasteiger partial charge in [-0.15, -0.1) is 12.3 Å². The molecule has 0 saturated carbocycles. The summed E-state index contributed by atoms with van der Waals surface area (Å²) in [5, 5.41) is 2.83. The monoisotopic (exact) mass is 165 g/mol. The fourth-order valence-electron chi connectivity index (χ4n) is 0.690. The number of rotatable bonds is 3. The van der Waals surface area contributed by atoms with Crippen LogP contribution in [0.15, 0.2) is 12.4 Å². The van der Waals surface area contributed by atoms with Gasteiger partial charge in [-0.05, 0) is 0 Å². The maximum absolute atomic E-state index is 12.4. The number of hydrogen-bond donors (Lipinski definition) is 1. The molecule has 0 saturated heterocycles. The van der Waals surface area contributed by atoms with E-state index in [1.807, 2.05) is 0 Å². The minimum Gasteiger partial charge on any atom is -0.368 e. The number of nitrogens with zero attached hydrogens (tertiary/aromatic N) is 2. The number of anilines is 1. The number of terminal acetylenes is 1. The van der Waals surface area contributed by atoms with Crippen LogP contribution in [0.5, 0.6) is 0 Å². The van der Waals surface area contributed by atoms with Crippen LogP contribution in [-0.2, 0) is 0 Å². The summed E-state index contributed by atoms with van der Waals surface area (Å²) in [6.45, 7) is 0.578. The van der Waals surface area contributed by atoms with Crippen molar-refractivity contribution in [2.75, 3.05) is 11.9 Å². The molecule has 0 spiro atoms. The largest absolute Gasteiger partial charge is 0.368 e. The summed E-state index contributed by atoms with van der Waals surface area (Å²) < 4.78 is 12.4. The lowest BCUT2D eigenvalue weighted by molar-refractivity contribution is 0.578. The van der Waals surface area contributed by atoms with Crippen molar-refractivity contribution in [1.82, 2.24) is 9.97 Å². The molecule has 0 aliphatic rings. The van der Waals surface area contributed by atoms with Crippen molar-refractivity contribution in [3.05, 3.63) is 18.3 Å². The zero-order valence-corrected chi connectivity index (χ0v) is 6.42. The van der Waals surface area contributed by atoms with E-state index in [-0.39, 0.29) is 0 Å². The lowest BCUT2D eigenvalue weighted by Gasteiger charge is -2.00. The first kappa shape index (κ1) is 8.47. The molecule has 3 nitrogen and oxygen atoms in total. The van der Waals surface area contributed by atoms with Crippen molar-refractivity contribution < 1.29 is 4.39 Å². The van der Waals surface area contributed by atoms with E-state index in [0.717, 1.165) is 6.20 Å². The van der Waals surface area contributed by atoms with Gasteiger partial charge >= 0.3 is 0 Å². The quantitative estimate of drug-likeness (QED) is 0.537. The standard InChI is InChI=1S/C8H8FN3/c1-2-3-4-11-8-6-10-5-7(9)12-8/h1,5-6H,3-4H2,(H,11,12). The minimum atomic E-state index is -0.597. The molecule has 0 fully saturated rings. The first-order chi connectivity index (χ1) is 5.83. The summed E-state index contributed by atoms with van der Waals surface area (Å²) in [7, 11) is 0. The van der Waals surface area contributed by atoms with E-state index >= 15 is 0 Å². The number of hydrogen-bond acceptors (Lipinski definition) is 3. The molecule has 1 heterocycles. The maximum Gasteiger partial charge on any atom is 0.233 e. The molecule has 0 amide bonds. The fraction of sp³-hybridized carbons (Fsp3) is 0.250. The SMILES string of the molecule is C#CCCNc1cncc(F)n1. The lowest BCUT2D eigenvalue weighted by atomic mass is 10.4. The maximum atomic E-state index is 12.4. The van der Waals surface area contributed by atoms with E-state index in [0.29, 0.717) is 18.8 Å². The molecule has 0 aromatic carbocycles. The van der Waals surface area contributed by atoms with Crippen LogP contribution < -0.4 is 5.32 Å². The molecular weight excluding hydrogens is 157 g/mol. The first-order valence-corrected chi connectivity index (χ1v) is 3.48. The Morgan fingerprint density at radius 1 is 1.58 bits per heavy atom. The van der Waals surface area contributed by atoms with Crippen LogP contribution in [0.4, 0.5) is 10.2 Å². The summed E-state index contributed by atoms with van der Waals surface area (Å²) in [6.07, 6.45) is 8.10. The van der Waals surface area contributed by atoms with Gasteiger partial charge in [0.1, 0.15) is 5.82 Å². The molecule has 0 aliphatic heterocycles. The highest BCUT2D eigenvalue weighted by molar-refractivity contribution is 5.30. The lowest BCUT2D eigenvalue weighted by Crippen LogP contribution is -2.03. The Hall–Kier alpha value is -1.63. The van der Waals surface area contributed by atoms with Gasteiger partial charge in [0.2, 0.25) is 5.95 Å². The third-order valence-electron chi connectivity index (χ3n) is 1.18. The second-order valence-corrected chi connectivity index (χ2v) is 2.11. The van der Waals surface area contributed by atoms with Crippen molar-refractivity contribution in [2.45, 2.75) is 6.42 Å². The molecule has 0 unspecified atom stereocenters. The molecule has 4 heteroatoms. The molecule has 0 atom stereocenters. The average Bonchev–Trinajstić information content (AvgIpc) is 2.05. The molecule has 12 heavy (non-hydrogen) atoms. The van der Waals surface area contributed by atoms with E-state index < -0.39 is 5.95 Å². The Morgan fingerprint density at radius 2 is 2.42 bits per heavy atom. The molecule has 1 aromatic rings. The van der Waals surface area contributed by atoms with Crippen LogP contribution in [0.2, 0.25) is 0 Å². The molecule has 0 aliphatic carbocycles. The number of nitrogens with one attached hydrogen (secondary N) is 1. The summed E-state index contributed by atoms with van der Waals surface area (Å²) in [6, 6.07) is 0. The van der Waals surface area contributed by atoms with Gasteiger partial charge in [0.25, 0.3) is 0 Å². The Balaban J connectivity index is 2.48. The Bertz CT molecular complexity index is 293. The smallest absolute Gasteiger partial charge is 0.233 e. The highest BCUT2D eigenvalue weighted by atomic mass is 19.1. The highest BCUT2D eigenvalue weighted by Crippen LogP contribution is 1.99. The summed E-state index contributed by atoms with van der Waals surface area (Å²) in [4.78, 5) is 7.15. The second kappa shape index (κ2) is 4.29. The van der Waals surface area contributed by atoms with Crippen molar-refractivity contribution in [2.24, 2.45) is 0 Å². The van der Waals surface area contributed by atoms with Crippen molar-refractivity contribution in [3.63, 3.8) is 0 Å². The van der Waals surface area contributed by atoms with Gasteiger partial charge in [0.15, 0.2) is 0 Å². The van der Waals surface area contributed by atoms with Gasteiger partial charge in [0, 0.05) is 13.0 Å². The number of aromatic nitrogens is 2. The van der Waals surface area contributed by atoms with Gasteiger partial charge in [-0.1, -0.05) is 0 Å². The van der Waals surface area contributed by atoms with Gasteiger partial charge in [-0.2, -0.15) is 9.37 Å². The van der Waals surface area contributed by atoms with Gasteiger partial charge in [-0.3, -0.25) is 4.98 Å². The molecule has 0 radical (unpaired) electrons. The molecule has 1 N–H and O–H groups in total. The van der Waals surface area contributed by atoms with Gasteiger partial charge < -0.3 is 5.32 Å². The van der Waals surface area contributed by atoms with Crippen molar-refractivity contribution >= 4 is 5.82 Å². The van der Waals surface area contributed by atoms with E-state index in [1.54, 1.807) is 0 Å². The normalized spacial score (nSPS) is 9.00. The van der Waals surface area contributed by atoms with Crippen LogP contribution in [0.1, 0.15) is 6.42 Å². The Kier molecular flexibility index (Phi) is 3.03. The second-order valence-electron chi connectivity index (χ2n) is 2.11. The Labute approximate surface area is 70.0 Å². The zero-order chi connectivity index (χ0) is 8.81. The predicted octanol–water partition coefficient (Wildman–Crippen LogP) is 1.05. The van der Waals surface area contributed by atoms with E-state index in [9.17, 15) is 4.39 Å². The van der Waals surface area contributed by atoms with Crippen LogP contribution in [-0.4, -0.2) is 16.5 Å². The third kappa shape index (κ3) is 2.54. The minimum absolute atomic E-state index is 0.408. The van der Waals surface area contributed by atoms with Crippen molar-refractivity contribution in [1.29, 1.82) is 0 Å². The molecule has 0 bridgehead atoms. The molecule has 62 valence electrons. The van der Waals surface area contributed by atoms with E-state index in [1.165, 1.54) is 6.20 Å². The highest BCUT2D eigenvalue weighted by Gasteiger charge is 1.94. The van der Waals surface area contributed by atoms with Gasteiger partial charge in [0.05, 0.1) is 12.4 Å². The van der Waals surface area contributed by atoms with E-state index in [4.69, 9.17) is 6.42 Å². The Morgan fingerprint density at radius 3 is 3.08 bits per heavy atom. The number of halogens is 1. The van der Waals surface area contributed by atoms with Crippen LogP contribution in [0.25, 0.3) is 0 Å². The average molecular weight is 165 g/mol. The van der Waals surface area contributed by atoms with Crippen LogP contribution in [0, 0.1) is 18.3 Å². The fourth-order valence-corrected chi connectivity index (χ4v) is 0.690. The first-order valence-electron chi connectivity index (χ1n) is 3.48. The third-order valence-corrected chi connectivity index (χ3v) is 1.18. The molecular formula is C8H8FN3. The zero-order valence-electron chi connectivity index (χ0n) is 6.42. The summed E-state index contributed by atoms with van der Waals surface area (Å²) >= 11 is 0. The van der Waals surface area contributed by atoms with Gasteiger partial charge in [-0.25, -0.2) is 0 Å². The van der Waals surface area contributed by atoms with E-state index in [2.05, 4.69) is 21.2 Å². The summed E-state index contributed by atoms with van der Waals surface area (Å²) in [5.74, 6) is 2.26. The molecule has 1 aromatic heterocycles.